The zero-order chi connectivity index (χ0) is 52.9. The lowest BCUT2D eigenvalue weighted by atomic mass is 10.0. The van der Waals surface area contributed by atoms with Crippen LogP contribution in [0.3, 0.4) is 0 Å². The van der Waals surface area contributed by atoms with Crippen LogP contribution in [0.1, 0.15) is 303 Å². The average Bonchev–Trinajstić information content (AvgIpc) is 3.39. The molecule has 0 bridgehead atoms. The first-order valence-electron chi connectivity index (χ1n) is 31.1. The normalized spacial score (nSPS) is 12.6. The summed E-state index contributed by atoms with van der Waals surface area (Å²) in [6, 6.07) is 0. The smallest absolute Gasteiger partial charge is 0.306 e. The number of hydrogen-bond donors (Lipinski definition) is 0. The highest BCUT2D eigenvalue weighted by Crippen LogP contribution is 2.17. The van der Waals surface area contributed by atoms with Gasteiger partial charge in [0.15, 0.2) is 6.10 Å². The highest BCUT2D eigenvalue weighted by Gasteiger charge is 2.19. The topological polar surface area (TPSA) is 78.9 Å². The minimum atomic E-state index is -0.785. The van der Waals surface area contributed by atoms with Gasteiger partial charge in [0.25, 0.3) is 0 Å². The Morgan fingerprint density at radius 2 is 0.534 bits per heavy atom. The van der Waals surface area contributed by atoms with Crippen molar-refractivity contribution in [2.24, 2.45) is 0 Å². The maximum Gasteiger partial charge on any atom is 0.306 e. The summed E-state index contributed by atoms with van der Waals surface area (Å²) in [7, 11) is 0. The molecule has 0 N–H and O–H groups in total. The van der Waals surface area contributed by atoms with Gasteiger partial charge in [-0.05, 0) is 89.9 Å². The van der Waals surface area contributed by atoms with E-state index in [1.807, 2.05) is 0 Å². The third kappa shape index (κ3) is 59.3. The number of unbranched alkanes of at least 4 members (excludes halogenated alkanes) is 31. The van der Waals surface area contributed by atoms with Crippen molar-refractivity contribution in [1.29, 1.82) is 0 Å². The third-order valence-electron chi connectivity index (χ3n) is 13.4. The molecule has 0 heterocycles. The van der Waals surface area contributed by atoms with Gasteiger partial charge in [-0.3, -0.25) is 14.4 Å². The van der Waals surface area contributed by atoms with Crippen LogP contribution in [-0.4, -0.2) is 37.2 Å². The highest BCUT2D eigenvalue weighted by molar-refractivity contribution is 5.71. The summed E-state index contributed by atoms with van der Waals surface area (Å²) in [6.45, 7) is 6.36. The van der Waals surface area contributed by atoms with E-state index in [9.17, 15) is 14.4 Å². The molecular weight excluding hydrogens is 901 g/mol. The number of esters is 3. The first-order chi connectivity index (χ1) is 36.0. The van der Waals surface area contributed by atoms with Crippen molar-refractivity contribution < 1.29 is 28.6 Å². The Kier molecular flexibility index (Phi) is 58.3. The lowest BCUT2D eigenvalue weighted by Gasteiger charge is -2.18. The summed E-state index contributed by atoms with van der Waals surface area (Å²) in [5.74, 6) is -0.912. The number of allylic oxidation sites excluding steroid dienone is 14. The maximum atomic E-state index is 12.8. The van der Waals surface area contributed by atoms with Crippen molar-refractivity contribution in [1.82, 2.24) is 0 Å². The van der Waals surface area contributed by atoms with E-state index in [4.69, 9.17) is 14.2 Å². The first-order valence-corrected chi connectivity index (χ1v) is 31.1. The highest BCUT2D eigenvalue weighted by atomic mass is 16.6. The van der Waals surface area contributed by atoms with Crippen LogP contribution in [0.5, 0.6) is 0 Å². The molecule has 6 nitrogen and oxygen atoms in total. The summed E-state index contributed by atoms with van der Waals surface area (Å²) in [5.41, 5.74) is 0. The summed E-state index contributed by atoms with van der Waals surface area (Å²) in [4.78, 5) is 37.9. The molecule has 0 aliphatic rings. The average molecular weight is 1020 g/mol. The number of hydrogen-bond acceptors (Lipinski definition) is 6. The SMILES string of the molecule is CC/C=C\C/C=C\C/C=C\C/C=C\CCCCCCCCCCCCCCCCCCCCCCCCC(=O)OCC(COC(=O)CCCCCCCCC)OC(=O)CCCCC/C=C\C/C=C\C/C=C\CC. The van der Waals surface area contributed by atoms with Gasteiger partial charge in [-0.15, -0.1) is 0 Å². The minimum absolute atomic E-state index is 0.0841. The van der Waals surface area contributed by atoms with Crippen LogP contribution in [0.2, 0.25) is 0 Å². The van der Waals surface area contributed by atoms with Crippen LogP contribution in [0, 0.1) is 0 Å². The molecule has 0 aromatic carbocycles. The Labute approximate surface area is 452 Å². The van der Waals surface area contributed by atoms with Crippen molar-refractivity contribution in [3.8, 4) is 0 Å². The lowest BCUT2D eigenvalue weighted by Crippen LogP contribution is -2.30. The van der Waals surface area contributed by atoms with Gasteiger partial charge in [0.1, 0.15) is 13.2 Å². The number of carbonyl (C=O) groups is 3. The molecule has 0 amide bonds. The zero-order valence-electron chi connectivity index (χ0n) is 48.1. The van der Waals surface area contributed by atoms with Crippen LogP contribution in [0.4, 0.5) is 0 Å². The molecule has 0 aromatic heterocycles. The van der Waals surface area contributed by atoms with Crippen molar-refractivity contribution in [3.05, 3.63) is 85.1 Å². The van der Waals surface area contributed by atoms with Gasteiger partial charge < -0.3 is 14.2 Å². The quantitative estimate of drug-likeness (QED) is 0.0261. The van der Waals surface area contributed by atoms with Crippen molar-refractivity contribution >= 4 is 17.9 Å². The molecular formula is C67H116O6. The van der Waals surface area contributed by atoms with E-state index in [1.165, 1.54) is 154 Å². The predicted octanol–water partition coefficient (Wildman–Crippen LogP) is 21.1. The van der Waals surface area contributed by atoms with Gasteiger partial charge in [0.2, 0.25) is 0 Å². The zero-order valence-corrected chi connectivity index (χ0v) is 48.1. The summed E-state index contributed by atoms with van der Waals surface area (Å²) in [6.07, 6.45) is 80.7. The Balaban J connectivity index is 3.93. The van der Waals surface area contributed by atoms with Crippen LogP contribution in [-0.2, 0) is 28.6 Å². The Morgan fingerprint density at radius 3 is 0.849 bits per heavy atom. The summed E-state index contributed by atoms with van der Waals surface area (Å²) in [5, 5.41) is 0. The molecule has 0 saturated heterocycles. The van der Waals surface area contributed by atoms with Gasteiger partial charge in [-0.1, -0.05) is 279 Å². The van der Waals surface area contributed by atoms with Crippen molar-refractivity contribution in [2.75, 3.05) is 13.2 Å². The van der Waals surface area contributed by atoms with E-state index >= 15 is 0 Å². The van der Waals surface area contributed by atoms with Crippen molar-refractivity contribution in [3.63, 3.8) is 0 Å². The molecule has 1 atom stereocenters. The lowest BCUT2D eigenvalue weighted by molar-refractivity contribution is -0.167. The standard InChI is InChI=1S/C67H116O6/c1-4-7-10-13-16-18-20-22-23-24-25-26-27-28-29-30-31-32-33-34-35-36-37-38-39-40-41-42-43-45-46-48-51-54-57-60-66(69)72-63-64(62-71-65(68)59-56-53-50-15-12-9-6-3)73-67(70)61-58-55-52-49-47-44-21-19-17-14-11-8-5-2/h7-8,10-11,16-19,22-23,25-26,44,47,64H,4-6,9,12-15,20-21,24,27-43,45-46,48-63H2,1-3H3/b10-7-,11-8-,18-16-,19-17-,23-22-,26-25-,47-44-. The second-order valence-corrected chi connectivity index (χ2v) is 20.6. The molecule has 0 aromatic rings. The second-order valence-electron chi connectivity index (χ2n) is 20.6. The van der Waals surface area contributed by atoms with Gasteiger partial charge in [-0.25, -0.2) is 0 Å². The Morgan fingerprint density at radius 1 is 0.288 bits per heavy atom. The molecule has 6 heteroatoms. The van der Waals surface area contributed by atoms with E-state index in [2.05, 4.69) is 106 Å². The molecule has 0 aliphatic carbocycles. The predicted molar refractivity (Wildman–Crippen MR) is 316 cm³/mol. The molecule has 1 unspecified atom stereocenters. The molecule has 0 radical (unpaired) electrons. The minimum Gasteiger partial charge on any atom is -0.462 e. The van der Waals surface area contributed by atoms with E-state index < -0.39 is 6.10 Å². The fourth-order valence-electron chi connectivity index (χ4n) is 8.80. The van der Waals surface area contributed by atoms with Crippen molar-refractivity contribution in [2.45, 2.75) is 309 Å². The van der Waals surface area contributed by atoms with E-state index in [0.29, 0.717) is 19.3 Å². The van der Waals surface area contributed by atoms with Gasteiger partial charge in [0, 0.05) is 19.3 Å². The largest absolute Gasteiger partial charge is 0.462 e. The van der Waals surface area contributed by atoms with Crippen LogP contribution < -0.4 is 0 Å². The molecule has 420 valence electrons. The fourth-order valence-corrected chi connectivity index (χ4v) is 8.80. The molecule has 0 rings (SSSR count). The Hall–Kier alpha value is -3.41. The summed E-state index contributed by atoms with van der Waals surface area (Å²) < 4.78 is 16.7. The molecule has 73 heavy (non-hydrogen) atoms. The first kappa shape index (κ1) is 69.6. The van der Waals surface area contributed by atoms with E-state index in [0.717, 1.165) is 109 Å². The van der Waals surface area contributed by atoms with Gasteiger partial charge in [-0.2, -0.15) is 0 Å². The van der Waals surface area contributed by atoms with E-state index in [1.54, 1.807) is 0 Å². The van der Waals surface area contributed by atoms with Gasteiger partial charge >= 0.3 is 17.9 Å². The van der Waals surface area contributed by atoms with Gasteiger partial charge in [0.05, 0.1) is 0 Å². The number of carbonyl (C=O) groups excluding carboxylic acids is 3. The second kappa shape index (κ2) is 61.1. The monoisotopic (exact) mass is 1020 g/mol. The molecule has 0 saturated carbocycles. The maximum absolute atomic E-state index is 12.8. The van der Waals surface area contributed by atoms with Crippen LogP contribution in [0.25, 0.3) is 0 Å². The molecule has 0 aliphatic heterocycles. The third-order valence-corrected chi connectivity index (χ3v) is 13.4. The Bertz CT molecular complexity index is 1400. The van der Waals surface area contributed by atoms with Crippen LogP contribution >= 0.6 is 0 Å². The number of ether oxygens (including phenoxy) is 3. The molecule has 0 spiro atoms. The summed E-state index contributed by atoms with van der Waals surface area (Å²) >= 11 is 0. The fraction of sp³-hybridized carbons (Fsp3) is 0.746. The van der Waals surface area contributed by atoms with Crippen LogP contribution in [0.15, 0.2) is 85.1 Å². The molecule has 0 fully saturated rings. The number of rotatable bonds is 56. The van der Waals surface area contributed by atoms with E-state index in [-0.39, 0.29) is 31.1 Å².